The number of ether oxygens (including phenoxy) is 1. The molecule has 1 aromatic carbocycles. The number of pyridine rings is 1. The second-order valence-electron chi connectivity index (χ2n) is 4.91. The van der Waals surface area contributed by atoms with Crippen LogP contribution in [-0.4, -0.2) is 17.0 Å². The van der Waals surface area contributed by atoms with Gasteiger partial charge in [0, 0.05) is 31.1 Å². The number of hydrogen-bond acceptors (Lipinski definition) is 5. The zero-order chi connectivity index (χ0) is 18.8. The Bertz CT molecular complexity index is 743. The molecule has 0 atom stereocenters. The summed E-state index contributed by atoms with van der Waals surface area (Å²) in [6.07, 6.45) is 3.15. The van der Waals surface area contributed by atoms with Crippen molar-refractivity contribution in [2.75, 3.05) is 11.9 Å². The van der Waals surface area contributed by atoms with Crippen molar-refractivity contribution in [3.63, 3.8) is 0 Å². The lowest BCUT2D eigenvalue weighted by Crippen LogP contribution is -2.21. The number of nitro groups is 1. The molecule has 0 unspecified atom stereocenters. The van der Waals surface area contributed by atoms with Crippen LogP contribution >= 0.6 is 0 Å². The Morgan fingerprint density at radius 3 is 2.44 bits per heavy atom. The van der Waals surface area contributed by atoms with Gasteiger partial charge in [0.05, 0.1) is 4.92 Å². The molecule has 25 heavy (non-hydrogen) atoms. The Hall–Kier alpha value is -3.15. The van der Waals surface area contributed by atoms with Crippen LogP contribution in [0.25, 0.3) is 0 Å². The molecule has 0 spiro atoms. The van der Waals surface area contributed by atoms with Crippen LogP contribution in [0.4, 0.5) is 11.4 Å². The van der Waals surface area contributed by atoms with Crippen LogP contribution in [0, 0.1) is 10.1 Å². The molecule has 0 amide bonds. The average Bonchev–Trinajstić information content (AvgIpc) is 2.63. The van der Waals surface area contributed by atoms with Crippen LogP contribution in [-0.2, 0) is 0 Å². The van der Waals surface area contributed by atoms with E-state index in [1.54, 1.807) is 18.0 Å². The molecule has 0 bridgehead atoms. The van der Waals surface area contributed by atoms with E-state index >= 15 is 0 Å². The Morgan fingerprint density at radius 1 is 1.24 bits per heavy atom. The van der Waals surface area contributed by atoms with Crippen LogP contribution < -0.4 is 9.64 Å². The van der Waals surface area contributed by atoms with Gasteiger partial charge in [-0.3, -0.25) is 10.1 Å². The van der Waals surface area contributed by atoms with Crippen molar-refractivity contribution >= 4 is 11.4 Å². The lowest BCUT2D eigenvalue weighted by Gasteiger charge is -2.22. The van der Waals surface area contributed by atoms with Gasteiger partial charge in [0.15, 0.2) is 0 Å². The van der Waals surface area contributed by atoms with E-state index in [0.717, 1.165) is 11.3 Å². The molecule has 2 aromatic rings. The first-order valence-corrected chi connectivity index (χ1v) is 7.92. The summed E-state index contributed by atoms with van der Waals surface area (Å²) in [5.41, 5.74) is 1.43. The third-order valence-corrected chi connectivity index (χ3v) is 2.99. The minimum Gasteiger partial charge on any atom is -0.416 e. The summed E-state index contributed by atoms with van der Waals surface area (Å²) in [5, 5.41) is 11.1. The summed E-state index contributed by atoms with van der Waals surface area (Å²) < 4.78 is 5.71. The number of aromatic nitrogens is 1. The molecular formula is C19H23N3O3. The van der Waals surface area contributed by atoms with Crippen LogP contribution in [0.3, 0.4) is 0 Å². The Kier molecular flexibility index (Phi) is 7.86. The maximum absolute atomic E-state index is 11.1. The van der Waals surface area contributed by atoms with Gasteiger partial charge >= 0.3 is 11.6 Å². The summed E-state index contributed by atoms with van der Waals surface area (Å²) in [6, 6.07) is 12.4. The maximum atomic E-state index is 11.1. The van der Waals surface area contributed by atoms with E-state index in [0.29, 0.717) is 5.88 Å². The lowest BCUT2D eigenvalue weighted by molar-refractivity contribution is -0.386. The maximum Gasteiger partial charge on any atom is 0.331 e. The van der Waals surface area contributed by atoms with Gasteiger partial charge in [0.1, 0.15) is 0 Å². The molecule has 2 rings (SSSR count). The lowest BCUT2D eigenvalue weighted by atomic mass is 10.3. The van der Waals surface area contributed by atoms with Gasteiger partial charge in [-0.05, 0) is 25.1 Å². The average molecular weight is 341 g/mol. The minimum atomic E-state index is -0.525. The molecule has 0 aliphatic carbocycles. The van der Waals surface area contributed by atoms with Crippen LogP contribution in [0.15, 0.2) is 72.8 Å². The van der Waals surface area contributed by atoms with Gasteiger partial charge < -0.3 is 9.64 Å². The summed E-state index contributed by atoms with van der Waals surface area (Å²) in [4.78, 5) is 16.3. The van der Waals surface area contributed by atoms with Gasteiger partial charge in [0.25, 0.3) is 0 Å². The second-order valence-corrected chi connectivity index (χ2v) is 4.91. The standard InChI is InChI=1S/C17H17N3O3.C2H6/c1-13(2)12-16(19(3)14-8-5-4-6-9-14)23-17-15(20(21)22)10-7-11-18-17;1-2/h4-12H,1H2,2-3H3;1-2H3/b16-12+;. The zero-order valence-electron chi connectivity index (χ0n) is 15.0. The molecule has 0 saturated carbocycles. The highest BCUT2D eigenvalue weighted by Gasteiger charge is 2.19. The molecule has 132 valence electrons. The summed E-state index contributed by atoms with van der Waals surface area (Å²) in [5.74, 6) is 0.332. The number of para-hydroxylation sites is 1. The first kappa shape index (κ1) is 19.9. The fourth-order valence-corrected chi connectivity index (χ4v) is 1.88. The fraction of sp³-hybridized carbons (Fsp3) is 0.211. The number of benzene rings is 1. The second kappa shape index (κ2) is 9.87. The highest BCUT2D eigenvalue weighted by molar-refractivity contribution is 5.52. The first-order valence-electron chi connectivity index (χ1n) is 7.92. The number of rotatable bonds is 6. The normalized spacial score (nSPS) is 10.3. The molecule has 0 fully saturated rings. The molecular weight excluding hydrogens is 318 g/mol. The van der Waals surface area contributed by atoms with Gasteiger partial charge in [-0.25, -0.2) is 4.98 Å². The molecule has 0 N–H and O–H groups in total. The molecule has 6 heteroatoms. The third kappa shape index (κ3) is 5.76. The SMILES string of the molecule is C=C(C)/C=C(/Oc1ncccc1[N+](=O)[O-])N(C)c1ccccc1.CC. The Balaban J connectivity index is 0.00000151. The molecule has 1 heterocycles. The van der Waals surface area contributed by atoms with Gasteiger partial charge in [-0.15, -0.1) is 0 Å². The topological polar surface area (TPSA) is 68.5 Å². The van der Waals surface area contributed by atoms with Gasteiger partial charge in [0.2, 0.25) is 5.88 Å². The largest absolute Gasteiger partial charge is 0.416 e. The van der Waals surface area contributed by atoms with E-state index in [2.05, 4.69) is 11.6 Å². The van der Waals surface area contributed by atoms with Crippen molar-refractivity contribution in [3.05, 3.63) is 82.9 Å². The predicted molar refractivity (Wildman–Crippen MR) is 101 cm³/mol. The van der Waals surface area contributed by atoms with Crippen molar-refractivity contribution in [2.24, 2.45) is 0 Å². The smallest absolute Gasteiger partial charge is 0.331 e. The van der Waals surface area contributed by atoms with Crippen LogP contribution in [0.5, 0.6) is 5.88 Å². The molecule has 0 aliphatic rings. The Labute approximate surface area is 148 Å². The van der Waals surface area contributed by atoms with E-state index in [9.17, 15) is 10.1 Å². The predicted octanol–water partition coefficient (Wildman–Crippen LogP) is 4.95. The van der Waals surface area contributed by atoms with E-state index < -0.39 is 4.92 Å². The zero-order valence-corrected chi connectivity index (χ0v) is 15.0. The molecule has 6 nitrogen and oxygen atoms in total. The van der Waals surface area contributed by atoms with Crippen molar-refractivity contribution in [3.8, 4) is 5.88 Å². The third-order valence-electron chi connectivity index (χ3n) is 2.99. The molecule has 0 aliphatic heterocycles. The number of nitrogens with zero attached hydrogens (tertiary/aromatic N) is 3. The summed E-state index contributed by atoms with van der Waals surface area (Å²) in [7, 11) is 1.80. The molecule has 0 radical (unpaired) electrons. The van der Waals surface area contributed by atoms with Gasteiger partial charge in [-0.2, -0.15) is 0 Å². The molecule has 1 aromatic heterocycles. The van der Waals surface area contributed by atoms with Crippen molar-refractivity contribution in [1.82, 2.24) is 4.98 Å². The van der Waals surface area contributed by atoms with Crippen LogP contribution in [0.2, 0.25) is 0 Å². The van der Waals surface area contributed by atoms with Crippen molar-refractivity contribution < 1.29 is 9.66 Å². The summed E-state index contributed by atoms with van der Waals surface area (Å²) in [6.45, 7) is 9.65. The first-order chi connectivity index (χ1) is 12.0. The number of allylic oxidation sites excluding steroid dienone is 2. The highest BCUT2D eigenvalue weighted by atomic mass is 16.6. The van der Waals surface area contributed by atoms with E-state index in [-0.39, 0.29) is 11.6 Å². The van der Waals surface area contributed by atoms with Crippen molar-refractivity contribution in [2.45, 2.75) is 20.8 Å². The fourth-order valence-electron chi connectivity index (χ4n) is 1.88. The molecule has 0 saturated heterocycles. The monoisotopic (exact) mass is 341 g/mol. The van der Waals surface area contributed by atoms with Gasteiger partial charge in [-0.1, -0.05) is 44.2 Å². The van der Waals surface area contributed by atoms with E-state index in [4.69, 9.17) is 4.74 Å². The van der Waals surface area contributed by atoms with Crippen LogP contribution in [0.1, 0.15) is 20.8 Å². The number of anilines is 1. The number of hydrogen-bond donors (Lipinski definition) is 0. The van der Waals surface area contributed by atoms with Crippen molar-refractivity contribution in [1.29, 1.82) is 0 Å². The highest BCUT2D eigenvalue weighted by Crippen LogP contribution is 2.27. The quantitative estimate of drug-likeness (QED) is 0.322. The summed E-state index contributed by atoms with van der Waals surface area (Å²) >= 11 is 0. The van der Waals surface area contributed by atoms with E-state index in [1.165, 1.54) is 18.3 Å². The van der Waals surface area contributed by atoms with E-state index in [1.807, 2.05) is 51.1 Å². The Morgan fingerprint density at radius 2 is 1.88 bits per heavy atom. The minimum absolute atomic E-state index is 0.0622.